The summed E-state index contributed by atoms with van der Waals surface area (Å²) < 4.78 is 55.7. The van der Waals surface area contributed by atoms with E-state index in [1.807, 2.05) is 12.2 Å². The molecule has 1 N–H and O–H groups in total. The quantitative estimate of drug-likeness (QED) is 0.651. The highest BCUT2D eigenvalue weighted by molar-refractivity contribution is 5.95. The Bertz CT molecular complexity index is 1150. The van der Waals surface area contributed by atoms with E-state index in [0.29, 0.717) is 18.4 Å². The Morgan fingerprint density at radius 1 is 1.16 bits per heavy atom. The Kier molecular flexibility index (Phi) is 7.14. The standard InChI is InChI=1S/C22H18F3NO6/c1-30-22(29)20-19(31-10-12-5-3-2-4-6-12)18(27)15(11-32-20)21(28)26-9-14-16(24)7-13(23)8-17(14)25/h3,5-8,11H,2,4,9-10H2,1H3,(H,26,28). The summed E-state index contributed by atoms with van der Waals surface area (Å²) in [6.45, 7) is -0.731. The first-order chi connectivity index (χ1) is 15.3. The highest BCUT2D eigenvalue weighted by atomic mass is 19.1. The summed E-state index contributed by atoms with van der Waals surface area (Å²) in [5, 5.41) is 2.16. The largest absolute Gasteiger partial charge is 0.481 e. The molecule has 32 heavy (non-hydrogen) atoms. The third kappa shape index (κ3) is 5.08. The minimum Gasteiger partial charge on any atom is -0.481 e. The molecule has 0 saturated heterocycles. The second kappa shape index (κ2) is 9.99. The van der Waals surface area contributed by atoms with Gasteiger partial charge in [-0.15, -0.1) is 0 Å². The van der Waals surface area contributed by atoms with Gasteiger partial charge in [-0.05, 0) is 18.4 Å². The number of methoxy groups -OCH3 is 1. The Morgan fingerprint density at radius 2 is 1.88 bits per heavy atom. The number of halogens is 3. The van der Waals surface area contributed by atoms with Crippen molar-refractivity contribution in [3.8, 4) is 5.75 Å². The molecule has 0 atom stereocenters. The van der Waals surface area contributed by atoms with E-state index in [0.717, 1.165) is 25.5 Å². The molecule has 2 aromatic rings. The molecular formula is C22H18F3NO6. The van der Waals surface area contributed by atoms with Crippen LogP contribution in [0.3, 0.4) is 0 Å². The van der Waals surface area contributed by atoms with Crippen molar-refractivity contribution >= 4 is 11.9 Å². The van der Waals surface area contributed by atoms with Crippen LogP contribution in [0.15, 0.2) is 51.4 Å². The molecule has 10 heteroatoms. The van der Waals surface area contributed by atoms with Crippen LogP contribution in [0.2, 0.25) is 0 Å². The molecular weight excluding hydrogens is 431 g/mol. The lowest BCUT2D eigenvalue weighted by Crippen LogP contribution is -2.30. The number of hydrogen-bond donors (Lipinski definition) is 1. The van der Waals surface area contributed by atoms with Crippen LogP contribution in [-0.2, 0) is 11.3 Å². The number of allylic oxidation sites excluding steroid dienone is 2. The Balaban J connectivity index is 1.85. The van der Waals surface area contributed by atoms with Crippen molar-refractivity contribution in [2.45, 2.75) is 19.4 Å². The summed E-state index contributed by atoms with van der Waals surface area (Å²) in [5.41, 5.74) is -1.38. The van der Waals surface area contributed by atoms with Gasteiger partial charge in [0, 0.05) is 24.2 Å². The van der Waals surface area contributed by atoms with E-state index in [-0.39, 0.29) is 6.61 Å². The van der Waals surface area contributed by atoms with E-state index in [2.05, 4.69) is 10.1 Å². The topological polar surface area (TPSA) is 94.8 Å². The number of nitrogens with one attached hydrogen (secondary N) is 1. The molecule has 1 aromatic heterocycles. The smallest absolute Gasteiger partial charge is 0.378 e. The predicted octanol–water partition coefficient (Wildman–Crippen LogP) is 3.43. The first-order valence-corrected chi connectivity index (χ1v) is 9.46. The zero-order valence-electron chi connectivity index (χ0n) is 16.9. The summed E-state index contributed by atoms with van der Waals surface area (Å²) in [6.07, 6.45) is 7.97. The van der Waals surface area contributed by atoms with E-state index in [9.17, 15) is 27.6 Å². The minimum atomic E-state index is -1.20. The Hall–Kier alpha value is -3.82. The van der Waals surface area contributed by atoms with Crippen LogP contribution in [0.1, 0.15) is 39.3 Å². The summed E-state index contributed by atoms with van der Waals surface area (Å²) in [5.74, 6) is -6.62. The van der Waals surface area contributed by atoms with Gasteiger partial charge in [0.05, 0.1) is 7.11 Å². The highest BCUT2D eigenvalue weighted by Crippen LogP contribution is 2.19. The number of benzene rings is 1. The first kappa shape index (κ1) is 22.9. The van der Waals surface area contributed by atoms with E-state index in [1.54, 1.807) is 6.08 Å². The molecule has 1 aliphatic rings. The molecule has 0 aliphatic heterocycles. The van der Waals surface area contributed by atoms with Crippen LogP contribution < -0.4 is 15.5 Å². The number of carbonyl (C=O) groups is 2. The molecule has 3 rings (SSSR count). The molecule has 0 spiro atoms. The van der Waals surface area contributed by atoms with Gasteiger partial charge in [-0.3, -0.25) is 9.59 Å². The van der Waals surface area contributed by atoms with E-state index in [1.165, 1.54) is 0 Å². The average molecular weight is 449 g/mol. The van der Waals surface area contributed by atoms with E-state index < -0.39 is 63.9 Å². The van der Waals surface area contributed by atoms with E-state index in [4.69, 9.17) is 9.15 Å². The molecule has 7 nitrogen and oxygen atoms in total. The van der Waals surface area contributed by atoms with Gasteiger partial charge in [0.2, 0.25) is 11.2 Å². The lowest BCUT2D eigenvalue weighted by Gasteiger charge is -2.12. The van der Waals surface area contributed by atoms with Crippen molar-refractivity contribution in [1.82, 2.24) is 5.32 Å². The SMILES string of the molecule is COC(=O)c1occ(C(=O)NCc2c(F)cc(F)cc2F)c(=O)c1OCC1=CCCC=C1. The molecule has 0 unspecified atom stereocenters. The molecule has 1 heterocycles. The lowest BCUT2D eigenvalue weighted by molar-refractivity contribution is 0.0553. The van der Waals surface area contributed by atoms with Crippen molar-refractivity contribution in [3.05, 3.63) is 86.8 Å². The van der Waals surface area contributed by atoms with Crippen molar-refractivity contribution in [1.29, 1.82) is 0 Å². The van der Waals surface area contributed by atoms with Gasteiger partial charge < -0.3 is 19.2 Å². The number of carbonyl (C=O) groups excluding carboxylic acids is 2. The van der Waals surface area contributed by atoms with Gasteiger partial charge in [0.15, 0.2) is 0 Å². The number of hydrogen-bond acceptors (Lipinski definition) is 6. The zero-order chi connectivity index (χ0) is 23.3. The van der Waals surface area contributed by atoms with Gasteiger partial charge in [-0.25, -0.2) is 18.0 Å². The molecule has 0 fully saturated rings. The molecule has 1 aromatic carbocycles. The number of esters is 1. The number of amides is 1. The average Bonchev–Trinajstić information content (AvgIpc) is 2.77. The van der Waals surface area contributed by atoms with Gasteiger partial charge >= 0.3 is 5.97 Å². The first-order valence-electron chi connectivity index (χ1n) is 9.46. The maximum absolute atomic E-state index is 13.8. The molecule has 1 amide bonds. The van der Waals surface area contributed by atoms with Crippen LogP contribution in [-0.4, -0.2) is 25.6 Å². The summed E-state index contributed by atoms with van der Waals surface area (Å²) in [6, 6.07) is 0.925. The maximum atomic E-state index is 13.8. The summed E-state index contributed by atoms with van der Waals surface area (Å²) in [7, 11) is 1.07. The van der Waals surface area contributed by atoms with Crippen LogP contribution in [0.25, 0.3) is 0 Å². The maximum Gasteiger partial charge on any atom is 0.378 e. The third-order valence-electron chi connectivity index (χ3n) is 4.55. The van der Waals surface area contributed by atoms with Crippen molar-refractivity contribution in [2.75, 3.05) is 13.7 Å². The van der Waals surface area contributed by atoms with Crippen LogP contribution in [0.5, 0.6) is 5.75 Å². The summed E-state index contributed by atoms with van der Waals surface area (Å²) in [4.78, 5) is 37.2. The fraction of sp³-hybridized carbons (Fsp3) is 0.227. The second-order valence-corrected chi connectivity index (χ2v) is 6.71. The second-order valence-electron chi connectivity index (χ2n) is 6.71. The van der Waals surface area contributed by atoms with Gasteiger partial charge in [-0.1, -0.05) is 18.2 Å². The molecule has 168 valence electrons. The fourth-order valence-electron chi connectivity index (χ4n) is 2.91. The lowest BCUT2D eigenvalue weighted by atomic mass is 10.1. The zero-order valence-corrected chi connectivity index (χ0v) is 16.9. The van der Waals surface area contributed by atoms with Crippen LogP contribution in [0.4, 0.5) is 13.2 Å². The minimum absolute atomic E-state index is 0.0671. The van der Waals surface area contributed by atoms with Gasteiger partial charge in [0.25, 0.3) is 11.7 Å². The molecule has 0 bridgehead atoms. The van der Waals surface area contributed by atoms with Gasteiger partial charge in [0.1, 0.15) is 35.9 Å². The van der Waals surface area contributed by atoms with Gasteiger partial charge in [-0.2, -0.15) is 0 Å². The number of rotatable bonds is 7. The van der Waals surface area contributed by atoms with Crippen molar-refractivity contribution < 1.29 is 36.7 Å². The third-order valence-corrected chi connectivity index (χ3v) is 4.55. The monoisotopic (exact) mass is 449 g/mol. The van der Waals surface area contributed by atoms with Crippen LogP contribution in [0, 0.1) is 17.5 Å². The highest BCUT2D eigenvalue weighted by Gasteiger charge is 2.25. The normalized spacial score (nSPS) is 12.8. The fourth-order valence-corrected chi connectivity index (χ4v) is 2.91. The van der Waals surface area contributed by atoms with Crippen LogP contribution >= 0.6 is 0 Å². The summed E-state index contributed by atoms with van der Waals surface area (Å²) >= 11 is 0. The van der Waals surface area contributed by atoms with Crippen molar-refractivity contribution in [2.24, 2.45) is 0 Å². The molecule has 0 radical (unpaired) electrons. The van der Waals surface area contributed by atoms with E-state index >= 15 is 0 Å². The number of ether oxygens (including phenoxy) is 2. The Labute approximate surface area is 180 Å². The molecule has 1 aliphatic carbocycles. The predicted molar refractivity (Wildman–Crippen MR) is 106 cm³/mol. The van der Waals surface area contributed by atoms with Crippen molar-refractivity contribution in [3.63, 3.8) is 0 Å². The Morgan fingerprint density at radius 3 is 2.50 bits per heavy atom. The molecule has 0 saturated carbocycles.